The Kier molecular flexibility index (Phi) is 7.51. The van der Waals surface area contributed by atoms with Gasteiger partial charge in [-0.15, -0.1) is 0 Å². The number of rotatable bonds is 6. The summed E-state index contributed by atoms with van der Waals surface area (Å²) in [5.41, 5.74) is 3.25. The van der Waals surface area contributed by atoms with Crippen LogP contribution in [0.5, 0.6) is 17.2 Å². The molecule has 0 amide bonds. The first-order valence-electron chi connectivity index (χ1n) is 9.55. The van der Waals surface area contributed by atoms with E-state index in [0.29, 0.717) is 0 Å². The topological polar surface area (TPSA) is 27.7 Å². The van der Waals surface area contributed by atoms with Gasteiger partial charge in [-0.1, -0.05) is 50.2 Å². The molecule has 0 atom stereocenters. The quantitative estimate of drug-likeness (QED) is 0.486. The molecule has 3 nitrogen and oxygen atoms in total. The van der Waals surface area contributed by atoms with Crippen LogP contribution in [0, 0.1) is 0 Å². The number of ether oxygens (including phenoxy) is 3. The summed E-state index contributed by atoms with van der Waals surface area (Å²) in [4.78, 5) is 0. The molecule has 0 radical (unpaired) electrons. The smallest absolute Gasteiger partial charge is 0.118 e. The average molecular weight is 379 g/mol. The lowest BCUT2D eigenvalue weighted by molar-refractivity contribution is 0.413. The molecule has 0 spiro atoms. The molecule has 148 valence electrons. The second-order valence-corrected chi connectivity index (χ2v) is 6.31. The molecule has 0 heterocycles. The molecule has 0 saturated carbocycles. The molecule has 0 aliphatic rings. The monoisotopic (exact) mass is 378 g/mol. The van der Waals surface area contributed by atoms with Crippen LogP contribution >= 0.6 is 0 Å². The van der Waals surface area contributed by atoms with Crippen molar-refractivity contribution in [3.05, 3.63) is 89.5 Å². The number of benzene rings is 3. The largest absolute Gasteiger partial charge is 0.497 e. The zero-order valence-corrected chi connectivity index (χ0v) is 17.7. The molecule has 0 unspecified atom stereocenters. The Morgan fingerprint density at radius 1 is 0.464 bits per heavy atom. The molecule has 0 fully saturated rings. The third kappa shape index (κ3) is 4.30. The van der Waals surface area contributed by atoms with Gasteiger partial charge in [0.1, 0.15) is 17.2 Å². The lowest BCUT2D eigenvalue weighted by Gasteiger charge is -2.32. The van der Waals surface area contributed by atoms with Crippen LogP contribution in [0.15, 0.2) is 72.8 Å². The Labute approximate surface area is 168 Å². The minimum Gasteiger partial charge on any atom is -0.497 e. The summed E-state index contributed by atoms with van der Waals surface area (Å²) in [6.07, 6.45) is 0. The molecule has 0 saturated heterocycles. The van der Waals surface area contributed by atoms with E-state index in [2.05, 4.69) is 43.3 Å². The third-order valence-electron chi connectivity index (χ3n) is 5.00. The van der Waals surface area contributed by atoms with Gasteiger partial charge in [0.15, 0.2) is 0 Å². The van der Waals surface area contributed by atoms with Gasteiger partial charge < -0.3 is 14.2 Å². The SMILES string of the molecule is CC.COc1ccc(C(C)(c2ccc(OC)cc2)c2ccc(OC)cc2)cc1. The minimum absolute atomic E-state index is 0.315. The van der Waals surface area contributed by atoms with E-state index >= 15 is 0 Å². The molecule has 0 N–H and O–H groups in total. The van der Waals surface area contributed by atoms with E-state index in [1.807, 2.05) is 50.2 Å². The fourth-order valence-corrected chi connectivity index (χ4v) is 3.27. The average Bonchev–Trinajstić information content (AvgIpc) is 2.80. The second kappa shape index (κ2) is 9.84. The fraction of sp³-hybridized carbons (Fsp3) is 0.280. The maximum atomic E-state index is 5.32. The molecule has 3 aromatic rings. The Morgan fingerprint density at radius 3 is 0.857 bits per heavy atom. The lowest BCUT2D eigenvalue weighted by atomic mass is 9.71. The lowest BCUT2D eigenvalue weighted by Crippen LogP contribution is -2.25. The second-order valence-electron chi connectivity index (χ2n) is 6.31. The summed E-state index contributed by atoms with van der Waals surface area (Å²) in [6, 6.07) is 24.7. The maximum absolute atomic E-state index is 5.32. The van der Waals surface area contributed by atoms with Gasteiger partial charge in [-0.05, 0) is 60.0 Å². The minimum atomic E-state index is -0.315. The van der Waals surface area contributed by atoms with E-state index in [0.717, 1.165) is 17.2 Å². The van der Waals surface area contributed by atoms with E-state index in [1.165, 1.54) is 16.7 Å². The van der Waals surface area contributed by atoms with Gasteiger partial charge in [-0.3, -0.25) is 0 Å². The molecule has 0 aromatic heterocycles. The van der Waals surface area contributed by atoms with E-state index in [9.17, 15) is 0 Å². The number of hydrogen-bond donors (Lipinski definition) is 0. The highest BCUT2D eigenvalue weighted by Gasteiger charge is 2.31. The van der Waals surface area contributed by atoms with Gasteiger partial charge in [-0.2, -0.15) is 0 Å². The zero-order chi connectivity index (χ0) is 20.6. The summed E-state index contributed by atoms with van der Waals surface area (Å²) in [5, 5.41) is 0. The predicted molar refractivity (Wildman–Crippen MR) is 116 cm³/mol. The molecule has 0 aliphatic carbocycles. The Bertz CT molecular complexity index is 719. The summed E-state index contributed by atoms with van der Waals surface area (Å²) in [6.45, 7) is 6.23. The first kappa shape index (κ1) is 21.4. The predicted octanol–water partition coefficient (Wildman–Crippen LogP) is 6.09. The summed E-state index contributed by atoms with van der Waals surface area (Å²) < 4.78 is 16.0. The third-order valence-corrected chi connectivity index (χ3v) is 5.00. The number of hydrogen-bond acceptors (Lipinski definition) is 3. The number of methoxy groups -OCH3 is 3. The van der Waals surface area contributed by atoms with Crippen LogP contribution in [-0.4, -0.2) is 21.3 Å². The standard InChI is InChI=1S/C23H24O3.C2H6/c1-23(17-5-11-20(24-2)12-6-17,18-7-13-21(25-3)14-8-18)19-9-15-22(26-4)16-10-19;1-2/h5-16H,1-4H3;1-2H3. The van der Waals surface area contributed by atoms with Gasteiger partial charge in [0, 0.05) is 5.41 Å². The van der Waals surface area contributed by atoms with Crippen molar-refractivity contribution >= 4 is 0 Å². The molecular weight excluding hydrogens is 348 g/mol. The zero-order valence-electron chi connectivity index (χ0n) is 17.7. The highest BCUT2D eigenvalue weighted by molar-refractivity contribution is 5.52. The van der Waals surface area contributed by atoms with E-state index < -0.39 is 0 Å². The Morgan fingerprint density at radius 2 is 0.679 bits per heavy atom. The van der Waals surface area contributed by atoms with Crippen molar-refractivity contribution in [2.45, 2.75) is 26.2 Å². The van der Waals surface area contributed by atoms with Crippen molar-refractivity contribution in [2.75, 3.05) is 21.3 Å². The van der Waals surface area contributed by atoms with Crippen molar-refractivity contribution in [2.24, 2.45) is 0 Å². The van der Waals surface area contributed by atoms with Crippen molar-refractivity contribution in [3.63, 3.8) is 0 Å². The van der Waals surface area contributed by atoms with Crippen molar-refractivity contribution in [3.8, 4) is 17.2 Å². The Balaban J connectivity index is 0.00000136. The summed E-state index contributed by atoms with van der Waals surface area (Å²) in [5.74, 6) is 2.54. The molecular formula is C25H30O3. The summed E-state index contributed by atoms with van der Waals surface area (Å²) >= 11 is 0. The van der Waals surface area contributed by atoms with E-state index in [4.69, 9.17) is 14.2 Å². The maximum Gasteiger partial charge on any atom is 0.118 e. The normalized spacial score (nSPS) is 10.5. The van der Waals surface area contributed by atoms with Gasteiger partial charge in [0.05, 0.1) is 21.3 Å². The molecule has 28 heavy (non-hydrogen) atoms. The molecule has 0 aliphatic heterocycles. The van der Waals surface area contributed by atoms with E-state index in [-0.39, 0.29) is 5.41 Å². The van der Waals surface area contributed by atoms with Crippen LogP contribution in [-0.2, 0) is 5.41 Å². The van der Waals surface area contributed by atoms with Crippen LogP contribution in [0.25, 0.3) is 0 Å². The van der Waals surface area contributed by atoms with Crippen LogP contribution < -0.4 is 14.2 Å². The van der Waals surface area contributed by atoms with Crippen molar-refractivity contribution in [1.29, 1.82) is 0 Å². The molecule has 0 bridgehead atoms. The first-order chi connectivity index (χ1) is 13.6. The van der Waals surface area contributed by atoms with Crippen molar-refractivity contribution < 1.29 is 14.2 Å². The molecule has 3 heteroatoms. The van der Waals surface area contributed by atoms with Crippen LogP contribution in [0.2, 0.25) is 0 Å². The Hall–Kier alpha value is -2.94. The highest BCUT2D eigenvalue weighted by Crippen LogP contribution is 2.40. The van der Waals surface area contributed by atoms with Gasteiger partial charge in [0.25, 0.3) is 0 Å². The highest BCUT2D eigenvalue weighted by atomic mass is 16.5. The van der Waals surface area contributed by atoms with Crippen LogP contribution in [0.4, 0.5) is 0 Å². The van der Waals surface area contributed by atoms with E-state index in [1.54, 1.807) is 21.3 Å². The van der Waals surface area contributed by atoms with Gasteiger partial charge in [-0.25, -0.2) is 0 Å². The fourth-order valence-electron chi connectivity index (χ4n) is 3.27. The van der Waals surface area contributed by atoms with Gasteiger partial charge >= 0.3 is 0 Å². The van der Waals surface area contributed by atoms with Crippen LogP contribution in [0.3, 0.4) is 0 Å². The van der Waals surface area contributed by atoms with Crippen molar-refractivity contribution in [1.82, 2.24) is 0 Å². The molecule has 3 aromatic carbocycles. The van der Waals surface area contributed by atoms with Gasteiger partial charge in [0.2, 0.25) is 0 Å². The first-order valence-corrected chi connectivity index (χ1v) is 9.55. The van der Waals surface area contributed by atoms with Crippen LogP contribution in [0.1, 0.15) is 37.5 Å². The summed E-state index contributed by atoms with van der Waals surface area (Å²) in [7, 11) is 5.05. The molecule has 3 rings (SSSR count).